The van der Waals surface area contributed by atoms with E-state index in [0.29, 0.717) is 29.7 Å². The number of halogens is 9. The second-order valence-electron chi connectivity index (χ2n) is 22.6. The van der Waals surface area contributed by atoms with Gasteiger partial charge in [-0.05, 0) is 161 Å². The van der Waals surface area contributed by atoms with Crippen LogP contribution in [0, 0.1) is 59.4 Å². The minimum atomic E-state index is -1.32. The summed E-state index contributed by atoms with van der Waals surface area (Å²) in [6, 6.07) is 46.2. The molecule has 0 bridgehead atoms. The lowest BCUT2D eigenvalue weighted by Gasteiger charge is -2.12. The lowest BCUT2D eigenvalue weighted by atomic mass is 9.81. The number of benzene rings is 10. The molecule has 1 atom stereocenters. The van der Waals surface area contributed by atoms with E-state index < -0.39 is 88.1 Å². The van der Waals surface area contributed by atoms with E-state index in [-0.39, 0.29) is 114 Å². The molecule has 622 valence electrons. The van der Waals surface area contributed by atoms with E-state index in [1.165, 1.54) is 84.9 Å². The summed E-state index contributed by atoms with van der Waals surface area (Å²) in [6.45, 7) is 21.6. The van der Waals surface area contributed by atoms with Crippen molar-refractivity contribution in [2.75, 3.05) is 7.11 Å². The van der Waals surface area contributed by atoms with Crippen molar-refractivity contribution >= 4 is 78.0 Å². The normalized spacial score (nSPS) is 9.42. The topological polar surface area (TPSA) is 258 Å². The van der Waals surface area contributed by atoms with Crippen molar-refractivity contribution in [3.05, 3.63) is 324 Å². The van der Waals surface area contributed by atoms with Gasteiger partial charge in [0.25, 0.3) is 0 Å². The smallest absolute Gasteiger partial charge is 0.342 e. The molecule has 0 saturated heterocycles. The third kappa shape index (κ3) is 39.1. The Morgan fingerprint density at radius 2 is 0.661 bits per heavy atom. The predicted octanol–water partition coefficient (Wildman–Crippen LogP) is 22.0. The van der Waals surface area contributed by atoms with E-state index in [1.807, 2.05) is 54.6 Å². The average molecular weight is 1670 g/mol. The summed E-state index contributed by atoms with van der Waals surface area (Å²) < 4.78 is 138. The van der Waals surface area contributed by atoms with Gasteiger partial charge >= 0.3 is 35.8 Å². The average Bonchev–Trinajstić information content (AvgIpc) is 0.827. The van der Waals surface area contributed by atoms with Crippen LogP contribution in [0.4, 0.5) is 35.1 Å². The SMILES string of the molecule is C#C.C=CCC.C=CCC.C=CCC.CCC(=O)Cl.CCC(=O)Oc1ccc(-c2ccc(F)cc2F)cc1C(=O)O.CCC(=O)Oc1ccc(-c2ccc(F)cc2F)cc1C(=O)OCc1ccccc1.CO.O=C(O)c1cc(-c2ccc(F)cc2F)ccc1O.O=C(OCc1ccccc1)c1cc(-c2ccc(F)cc2F)ccc1O.P.[2H][2H].[B][B]. The molecule has 28 heteroatoms. The maximum atomic E-state index is 14.2. The molecule has 0 saturated carbocycles. The number of esters is 4. The van der Waals surface area contributed by atoms with E-state index >= 15 is 0 Å². The van der Waals surface area contributed by atoms with Crippen molar-refractivity contribution < 1.29 is 116 Å². The highest BCUT2D eigenvalue weighted by Crippen LogP contribution is 2.34. The van der Waals surface area contributed by atoms with Gasteiger partial charge in [-0.15, -0.1) is 32.6 Å². The van der Waals surface area contributed by atoms with Crippen molar-refractivity contribution in [2.24, 2.45) is 0 Å². The highest BCUT2D eigenvalue weighted by atomic mass is 35.5. The molecular formula is C90H92B2ClF8O16P. The second kappa shape index (κ2) is 60.8. The van der Waals surface area contributed by atoms with Crippen molar-refractivity contribution in [2.45, 2.75) is 93.3 Å². The van der Waals surface area contributed by atoms with Crippen LogP contribution in [-0.2, 0) is 37.1 Å². The molecule has 118 heavy (non-hydrogen) atoms. The minimum absolute atomic E-state index is 0. The summed E-state index contributed by atoms with van der Waals surface area (Å²) in [5.74, 6) is -12.0. The van der Waals surface area contributed by atoms with Crippen LogP contribution in [0.25, 0.3) is 44.5 Å². The van der Waals surface area contributed by atoms with Crippen LogP contribution in [0.15, 0.2) is 244 Å². The number of phenols is 2. The molecule has 0 heterocycles. The molecule has 5 N–H and O–H groups in total. The zero-order chi connectivity index (χ0) is 90.7. The largest absolute Gasteiger partial charge is 0.507 e. The molecule has 16 nitrogen and oxygen atoms in total. The Hall–Kier alpha value is -12.7. The number of hydrogen-bond donors (Lipinski definition) is 5. The zero-order valence-electron chi connectivity index (χ0n) is 67.8. The monoisotopic (exact) mass is 1670 g/mol. The van der Waals surface area contributed by atoms with E-state index in [4.69, 9.17) is 43.7 Å². The molecule has 0 fully saturated rings. The van der Waals surface area contributed by atoms with E-state index in [2.05, 4.69) is 68.8 Å². The van der Waals surface area contributed by atoms with Gasteiger partial charge in [-0.3, -0.25) is 14.4 Å². The minimum Gasteiger partial charge on any atom is -0.507 e. The van der Waals surface area contributed by atoms with Crippen molar-refractivity contribution in [1.29, 1.82) is 0 Å². The number of ether oxygens (including phenoxy) is 4. The number of aromatic hydroxyl groups is 2. The number of carbonyl (C=O) groups is 7. The van der Waals surface area contributed by atoms with Gasteiger partial charge in [0.2, 0.25) is 5.24 Å². The zero-order valence-corrected chi connectivity index (χ0v) is 68.0. The highest BCUT2D eigenvalue weighted by molar-refractivity contribution is 6.92. The number of aliphatic hydroxyl groups is 1. The Morgan fingerprint density at radius 1 is 0.407 bits per heavy atom. The van der Waals surface area contributed by atoms with Crippen LogP contribution in [0.3, 0.4) is 0 Å². The summed E-state index contributed by atoms with van der Waals surface area (Å²) >= 11 is 4.82. The van der Waals surface area contributed by atoms with Crippen LogP contribution in [0.2, 0.25) is 0 Å². The molecule has 0 aliphatic heterocycles. The summed E-state index contributed by atoms with van der Waals surface area (Å²) in [5, 5.41) is 44.0. The number of carboxylic acid groups (broad SMARTS) is 2. The Kier molecular flexibility index (Phi) is 54.3. The fourth-order valence-electron chi connectivity index (χ4n) is 8.53. The molecule has 0 aromatic heterocycles. The summed E-state index contributed by atoms with van der Waals surface area (Å²) in [6.07, 6.45) is 17.5. The van der Waals surface area contributed by atoms with E-state index in [9.17, 15) is 84.0 Å². The van der Waals surface area contributed by atoms with Gasteiger partial charge in [0.05, 0.1) is 0 Å². The number of carbonyl (C=O) groups excluding carboxylic acids is 5. The Labute approximate surface area is 695 Å². The van der Waals surface area contributed by atoms with Crippen LogP contribution >= 0.6 is 21.5 Å². The summed E-state index contributed by atoms with van der Waals surface area (Å²) in [4.78, 5) is 79.6. The molecular weight excluding hydrogens is 1580 g/mol. The van der Waals surface area contributed by atoms with Crippen LogP contribution in [0.5, 0.6) is 23.0 Å². The number of carboxylic acids is 2. The molecule has 0 spiro atoms. The van der Waals surface area contributed by atoms with Crippen LogP contribution in [-0.4, -0.2) is 89.2 Å². The predicted molar refractivity (Wildman–Crippen MR) is 453 cm³/mol. The standard InChI is InChI=1S/C23H18F2O4.C20H14F2O3.C16H12F2O4.C13H8F2O3.3C4H8.C3H5ClO.C2H2.CH4O.B2.H3P.H2/c1-2-22(26)29-21-11-8-16(18-10-9-17(24)13-20(18)25)12-19(21)23(27)28-14-15-6-4-3-5-7-15;21-15-7-8-16(18(22)11-15)14-6-9-19(23)17(10-14)20(24)25-12-13-4-2-1-3-5-13;1-2-15(19)22-14-6-3-9(7-12(14)16(20)21)11-5-4-10(17)8-13(11)18;14-8-2-3-9(11(15)6-8)7-1-4-12(16)10(5-7)13(17)18;3*1-3-4-2;1-2-3(4)5;3*1-2;;/h3-13H,2,14H2,1H3;1-11,23H,12H2;3-8H,2H2,1H3,(H,20,21);1-6,16H,(H,17,18);3*3H,1,4H2,2H3;2H2,1H3;1-2H;2H,1H3;;1H3;1H/i;;;;;;;;;;;;1+1D. The molecule has 4 radical (unpaired) electrons. The third-order valence-corrected chi connectivity index (χ3v) is 14.7. The number of allylic oxidation sites excluding steroid dienone is 3. The highest BCUT2D eigenvalue weighted by Gasteiger charge is 2.22. The van der Waals surface area contributed by atoms with Gasteiger partial charge < -0.3 is 44.5 Å². The first-order chi connectivity index (χ1) is 56.9. The summed E-state index contributed by atoms with van der Waals surface area (Å²) in [7, 11) is 9.00. The van der Waals surface area contributed by atoms with Gasteiger partial charge in [0.15, 0.2) is 0 Å². The van der Waals surface area contributed by atoms with Gasteiger partial charge in [-0.25, -0.2) is 54.3 Å². The number of aromatic carboxylic acids is 2. The lowest BCUT2D eigenvalue weighted by molar-refractivity contribution is -0.134. The number of aliphatic hydroxyl groups excluding tert-OH is 1. The lowest BCUT2D eigenvalue weighted by Crippen LogP contribution is -2.12. The Bertz CT molecular complexity index is 4860. The fraction of sp³-hybridized carbons (Fsp3) is 0.167. The summed E-state index contributed by atoms with van der Waals surface area (Å²) in [5.41, 5.74) is 2.37. The fourth-order valence-corrected chi connectivity index (χ4v) is 8.53. The Morgan fingerprint density at radius 3 is 0.932 bits per heavy atom. The van der Waals surface area contributed by atoms with E-state index in [0.717, 1.165) is 86.0 Å². The quantitative estimate of drug-likeness (QED) is 0.00694. The van der Waals surface area contributed by atoms with Gasteiger partial charge in [-0.2, -0.15) is 9.90 Å². The van der Waals surface area contributed by atoms with Crippen molar-refractivity contribution in [1.82, 2.24) is 0 Å². The first-order valence-corrected chi connectivity index (χ1v) is 35.5. The number of hydrogen-bond acceptors (Lipinski definition) is 14. The van der Waals surface area contributed by atoms with Gasteiger partial charge in [0.1, 0.15) is 105 Å². The first kappa shape index (κ1) is 105. The maximum absolute atomic E-state index is 14.2. The van der Waals surface area contributed by atoms with Gasteiger partial charge in [0, 0.05) is 91.3 Å². The number of phenolic OH excluding ortho intramolecular Hbond substituents is 1. The number of terminal acetylenes is 1. The molecule has 0 amide bonds. The molecule has 0 aliphatic carbocycles. The second-order valence-corrected chi connectivity index (χ2v) is 23.0. The van der Waals surface area contributed by atoms with Crippen molar-refractivity contribution in [3.63, 3.8) is 0 Å². The van der Waals surface area contributed by atoms with Crippen LogP contribution < -0.4 is 9.47 Å². The van der Waals surface area contributed by atoms with Gasteiger partial charge in [-0.1, -0.05) is 145 Å². The van der Waals surface area contributed by atoms with Crippen molar-refractivity contribution in [3.8, 4) is 80.4 Å². The van der Waals surface area contributed by atoms with E-state index in [1.54, 1.807) is 45.0 Å². The first-order valence-electron chi connectivity index (χ1n) is 36.1. The molecule has 0 aliphatic rings. The third-order valence-electron chi connectivity index (χ3n) is 14.4. The molecule has 1 unspecified atom stereocenters. The van der Waals surface area contributed by atoms with Crippen LogP contribution in [0.1, 0.15) is 136 Å². The Balaban J connectivity index is -0.00000139. The molecule has 10 aromatic rings. The number of rotatable bonds is 20. The molecule has 10 rings (SSSR count). The molecule has 10 aromatic carbocycles. The maximum Gasteiger partial charge on any atom is 0.342 e.